The van der Waals surface area contributed by atoms with E-state index in [1.54, 1.807) is 31.9 Å². The molecule has 0 radical (unpaired) electrons. The van der Waals surface area contributed by atoms with Crippen LogP contribution in [0.1, 0.15) is 24.0 Å². The van der Waals surface area contributed by atoms with Gasteiger partial charge in [-0.15, -0.1) is 0 Å². The number of aromatic nitrogens is 1. The predicted octanol–water partition coefficient (Wildman–Crippen LogP) is 4.15. The van der Waals surface area contributed by atoms with Gasteiger partial charge in [0.25, 0.3) is 0 Å². The highest BCUT2D eigenvalue weighted by Crippen LogP contribution is 2.27. The third-order valence-corrected chi connectivity index (χ3v) is 6.21. The molecule has 2 aromatic carbocycles. The van der Waals surface area contributed by atoms with E-state index in [4.69, 9.17) is 9.47 Å². The zero-order chi connectivity index (χ0) is 26.6. The first-order valence-corrected chi connectivity index (χ1v) is 12.5. The Morgan fingerprint density at radius 1 is 0.973 bits per heavy atom. The molecule has 1 N–H and O–H groups in total. The highest BCUT2D eigenvalue weighted by molar-refractivity contribution is 5.78. The molecule has 1 heterocycles. The van der Waals surface area contributed by atoms with Crippen molar-refractivity contribution in [1.82, 2.24) is 14.8 Å². The summed E-state index contributed by atoms with van der Waals surface area (Å²) in [4.78, 5) is 26.0. The minimum Gasteiger partial charge on any atom is -0.493 e. The third-order valence-electron chi connectivity index (χ3n) is 6.21. The fourth-order valence-electron chi connectivity index (χ4n) is 3.97. The van der Waals surface area contributed by atoms with Crippen molar-refractivity contribution in [3.63, 3.8) is 0 Å². The van der Waals surface area contributed by atoms with Crippen LogP contribution in [0.15, 0.2) is 71.7 Å². The molecule has 0 saturated carbocycles. The molecule has 0 saturated heterocycles. The minimum absolute atomic E-state index is 0.0195. The average molecular weight is 504 g/mol. The number of aryl methyl sites for hydroxylation is 1. The van der Waals surface area contributed by atoms with Gasteiger partial charge in [0.2, 0.25) is 11.5 Å². The number of ether oxygens (including phenoxy) is 2. The highest BCUT2D eigenvalue weighted by atomic mass is 16.5. The molecule has 0 fully saturated rings. The van der Waals surface area contributed by atoms with Crippen molar-refractivity contribution in [2.45, 2.75) is 19.3 Å². The molecule has 0 atom stereocenters. The zero-order valence-corrected chi connectivity index (χ0v) is 22.2. The lowest BCUT2D eigenvalue weighted by Gasteiger charge is -2.17. The number of amides is 1. The van der Waals surface area contributed by atoms with Gasteiger partial charge in [0, 0.05) is 38.8 Å². The molecule has 0 unspecified atom stereocenters. The highest BCUT2D eigenvalue weighted by Gasteiger charge is 2.06. The van der Waals surface area contributed by atoms with Crippen molar-refractivity contribution < 1.29 is 14.3 Å². The van der Waals surface area contributed by atoms with E-state index in [1.807, 2.05) is 60.8 Å². The molecule has 3 rings (SSSR count). The normalized spacial score (nSPS) is 11.2. The molecule has 196 valence electrons. The number of hydrogen-bond donors (Lipinski definition) is 1. The Balaban J connectivity index is 1.33. The van der Waals surface area contributed by atoms with Gasteiger partial charge < -0.3 is 24.3 Å². The van der Waals surface area contributed by atoms with Gasteiger partial charge in [0.1, 0.15) is 0 Å². The zero-order valence-electron chi connectivity index (χ0n) is 22.2. The number of pyridine rings is 1. The maximum atomic E-state index is 12.2. The number of likely N-dealkylation sites (N-methyl/N-ethyl adjacent to an activating group) is 1. The second-order valence-electron chi connectivity index (χ2n) is 9.04. The predicted molar refractivity (Wildman–Crippen MR) is 149 cm³/mol. The van der Waals surface area contributed by atoms with E-state index in [2.05, 4.69) is 23.3 Å². The van der Waals surface area contributed by atoms with Crippen molar-refractivity contribution >= 4 is 12.0 Å². The van der Waals surface area contributed by atoms with E-state index in [-0.39, 0.29) is 11.5 Å². The van der Waals surface area contributed by atoms with Crippen LogP contribution in [0, 0.1) is 0 Å². The SMILES string of the molecule is COc1ccc(CCN(C)CCCNC(=O)CC=Cc2ccc(-c3ccc(=O)n(C)c3)cc2)cc1OC. The molecule has 3 aromatic rings. The van der Waals surface area contributed by atoms with Crippen LogP contribution >= 0.6 is 0 Å². The third kappa shape index (κ3) is 8.65. The molecule has 0 aliphatic heterocycles. The van der Waals surface area contributed by atoms with Crippen LogP contribution in [0.2, 0.25) is 0 Å². The summed E-state index contributed by atoms with van der Waals surface area (Å²) in [6, 6.07) is 17.5. The Bertz CT molecular complexity index is 1250. The van der Waals surface area contributed by atoms with Crippen molar-refractivity contribution in [3.8, 4) is 22.6 Å². The lowest BCUT2D eigenvalue weighted by molar-refractivity contribution is -0.120. The Labute approximate surface area is 219 Å². The fourth-order valence-corrected chi connectivity index (χ4v) is 3.97. The molecule has 0 bridgehead atoms. The minimum atomic E-state index is -0.0281. The first kappa shape index (κ1) is 27.7. The van der Waals surface area contributed by atoms with E-state index in [9.17, 15) is 9.59 Å². The van der Waals surface area contributed by atoms with Gasteiger partial charge in [-0.1, -0.05) is 42.5 Å². The van der Waals surface area contributed by atoms with Crippen LogP contribution in [-0.2, 0) is 18.3 Å². The molecule has 0 aliphatic rings. The molecule has 7 heteroatoms. The van der Waals surface area contributed by atoms with E-state index >= 15 is 0 Å². The number of nitrogens with one attached hydrogen (secondary N) is 1. The summed E-state index contributed by atoms with van der Waals surface area (Å²) in [7, 11) is 7.12. The Morgan fingerprint density at radius 2 is 1.70 bits per heavy atom. The number of benzene rings is 2. The van der Waals surface area contributed by atoms with Gasteiger partial charge in [0.15, 0.2) is 11.5 Å². The van der Waals surface area contributed by atoms with E-state index < -0.39 is 0 Å². The number of carbonyl (C=O) groups excluding carboxylic acids is 1. The van der Waals surface area contributed by atoms with Crippen molar-refractivity contribution in [2.24, 2.45) is 7.05 Å². The van der Waals surface area contributed by atoms with Crippen LogP contribution in [-0.4, -0.2) is 56.3 Å². The monoisotopic (exact) mass is 503 g/mol. The second kappa shape index (κ2) is 14.0. The first-order chi connectivity index (χ1) is 17.9. The summed E-state index contributed by atoms with van der Waals surface area (Å²) in [5.74, 6) is 1.50. The number of hydrogen-bond acceptors (Lipinski definition) is 5. The molecular formula is C30H37N3O4. The second-order valence-corrected chi connectivity index (χ2v) is 9.04. The number of nitrogens with zero attached hydrogens (tertiary/aromatic N) is 2. The molecule has 1 amide bonds. The van der Waals surface area contributed by atoms with Crippen molar-refractivity contribution in [3.05, 3.63) is 88.4 Å². The lowest BCUT2D eigenvalue weighted by Crippen LogP contribution is -2.28. The summed E-state index contributed by atoms with van der Waals surface area (Å²) in [6.45, 7) is 2.49. The topological polar surface area (TPSA) is 72.8 Å². The molecular weight excluding hydrogens is 466 g/mol. The quantitative estimate of drug-likeness (QED) is 0.355. The van der Waals surface area contributed by atoms with Gasteiger partial charge in [-0.25, -0.2) is 0 Å². The smallest absolute Gasteiger partial charge is 0.250 e. The molecule has 37 heavy (non-hydrogen) atoms. The van der Waals surface area contributed by atoms with Crippen LogP contribution in [0.4, 0.5) is 0 Å². The Morgan fingerprint density at radius 3 is 2.41 bits per heavy atom. The molecule has 0 aliphatic carbocycles. The Kier molecular flexibility index (Phi) is 10.5. The number of methoxy groups -OCH3 is 2. The summed E-state index contributed by atoms with van der Waals surface area (Å²) in [5.41, 5.74) is 4.23. The maximum Gasteiger partial charge on any atom is 0.250 e. The summed E-state index contributed by atoms with van der Waals surface area (Å²) in [5, 5.41) is 2.99. The molecule has 1 aromatic heterocycles. The maximum absolute atomic E-state index is 12.2. The van der Waals surface area contributed by atoms with Crippen LogP contribution in [0.25, 0.3) is 17.2 Å². The average Bonchev–Trinajstić information content (AvgIpc) is 2.91. The summed E-state index contributed by atoms with van der Waals surface area (Å²) >= 11 is 0. The lowest BCUT2D eigenvalue weighted by atomic mass is 10.1. The van der Waals surface area contributed by atoms with Crippen molar-refractivity contribution in [1.29, 1.82) is 0 Å². The summed E-state index contributed by atoms with van der Waals surface area (Å²) in [6.07, 6.45) is 7.81. The van der Waals surface area contributed by atoms with Crippen LogP contribution in [0.5, 0.6) is 11.5 Å². The van der Waals surface area contributed by atoms with Gasteiger partial charge in [-0.2, -0.15) is 0 Å². The first-order valence-electron chi connectivity index (χ1n) is 12.5. The van der Waals surface area contributed by atoms with E-state index in [1.165, 1.54) is 5.56 Å². The molecule has 7 nitrogen and oxygen atoms in total. The largest absolute Gasteiger partial charge is 0.493 e. The standard InChI is InChI=1S/C30H37N3O4/c1-32(20-17-24-11-15-27(36-3)28(21-24)37-4)19-6-18-31-29(34)8-5-7-23-9-12-25(13-10-23)26-14-16-30(35)33(2)22-26/h5,7,9-16,21-22H,6,8,17-20H2,1-4H3,(H,31,34). The molecule has 0 spiro atoms. The van der Waals surface area contributed by atoms with Crippen LogP contribution < -0.4 is 20.3 Å². The van der Waals surface area contributed by atoms with Gasteiger partial charge in [-0.05, 0) is 66.9 Å². The van der Waals surface area contributed by atoms with Crippen molar-refractivity contribution in [2.75, 3.05) is 40.9 Å². The number of carbonyl (C=O) groups is 1. The summed E-state index contributed by atoms with van der Waals surface area (Å²) < 4.78 is 12.2. The van der Waals surface area contributed by atoms with E-state index in [0.717, 1.165) is 54.1 Å². The Hall–Kier alpha value is -3.84. The number of rotatable bonds is 13. The fraction of sp³-hybridized carbons (Fsp3) is 0.333. The van der Waals surface area contributed by atoms with E-state index in [0.29, 0.717) is 13.0 Å². The van der Waals surface area contributed by atoms with Gasteiger partial charge in [0.05, 0.1) is 14.2 Å². The van der Waals surface area contributed by atoms with Gasteiger partial charge in [-0.3, -0.25) is 9.59 Å². The van der Waals surface area contributed by atoms with Crippen LogP contribution in [0.3, 0.4) is 0 Å². The van der Waals surface area contributed by atoms with Gasteiger partial charge >= 0.3 is 0 Å².